The molecule has 1 aliphatic carbocycles. The summed E-state index contributed by atoms with van der Waals surface area (Å²) in [5, 5.41) is 10.0. The molecule has 1 aromatic heterocycles. The third kappa shape index (κ3) is 1.53. The van der Waals surface area contributed by atoms with Crippen LogP contribution in [0.15, 0.2) is 12.4 Å². The smallest absolute Gasteiger partial charge is 0.0725 e. The molecule has 1 atom stereocenters. The lowest BCUT2D eigenvalue weighted by atomic mass is 10.2. The average Bonchev–Trinajstić information content (AvgIpc) is 2.73. The van der Waals surface area contributed by atoms with Gasteiger partial charge in [0, 0.05) is 12.2 Å². The summed E-state index contributed by atoms with van der Waals surface area (Å²) < 4.78 is 0. The van der Waals surface area contributed by atoms with Gasteiger partial charge in [0.25, 0.3) is 0 Å². The summed E-state index contributed by atoms with van der Waals surface area (Å²) in [7, 11) is 0. The van der Waals surface area contributed by atoms with E-state index in [4.69, 9.17) is 0 Å². The summed E-state index contributed by atoms with van der Waals surface area (Å²) in [5.41, 5.74) is 1.10. The number of hydrogen-bond donors (Lipinski definition) is 2. The van der Waals surface area contributed by atoms with Crippen LogP contribution in [0, 0.1) is 5.92 Å². The molecule has 1 aliphatic rings. The second-order valence-corrected chi connectivity index (χ2v) is 3.26. The lowest BCUT2D eigenvalue weighted by molar-refractivity contribution is 0.694. The number of hydrogen-bond acceptors (Lipinski definition) is 2. The maximum absolute atomic E-state index is 3.87. The first-order valence-corrected chi connectivity index (χ1v) is 4.11. The zero-order valence-electron chi connectivity index (χ0n) is 6.67. The highest BCUT2D eigenvalue weighted by Crippen LogP contribution is 2.33. The van der Waals surface area contributed by atoms with E-state index in [-0.39, 0.29) is 0 Å². The molecule has 2 rings (SSSR count). The fourth-order valence-corrected chi connectivity index (χ4v) is 1.31. The molecule has 1 unspecified atom stereocenters. The highest BCUT2D eigenvalue weighted by molar-refractivity contribution is 5.38. The Kier molecular flexibility index (Phi) is 1.56. The average molecular weight is 151 g/mol. The molecule has 1 fully saturated rings. The van der Waals surface area contributed by atoms with Crippen molar-refractivity contribution >= 4 is 5.69 Å². The van der Waals surface area contributed by atoms with Gasteiger partial charge in [-0.25, -0.2) is 0 Å². The molecule has 2 N–H and O–H groups in total. The molecule has 1 heterocycles. The lowest BCUT2D eigenvalue weighted by Crippen LogP contribution is -2.16. The number of nitrogens with one attached hydrogen (secondary N) is 2. The highest BCUT2D eigenvalue weighted by atomic mass is 15.1. The zero-order valence-corrected chi connectivity index (χ0v) is 6.67. The first-order chi connectivity index (χ1) is 5.36. The van der Waals surface area contributed by atoms with Crippen LogP contribution in [0.1, 0.15) is 19.8 Å². The molecule has 3 heteroatoms. The molecule has 11 heavy (non-hydrogen) atoms. The van der Waals surface area contributed by atoms with Gasteiger partial charge in [-0.2, -0.15) is 5.10 Å². The molecule has 0 aromatic carbocycles. The number of aromatic amines is 1. The maximum atomic E-state index is 3.87. The Morgan fingerprint density at radius 3 is 3.09 bits per heavy atom. The highest BCUT2D eigenvalue weighted by Gasteiger charge is 2.27. The summed E-state index contributed by atoms with van der Waals surface area (Å²) in [4.78, 5) is 0. The largest absolute Gasteiger partial charge is 0.380 e. The predicted octanol–water partition coefficient (Wildman–Crippen LogP) is 1.62. The van der Waals surface area contributed by atoms with Gasteiger partial charge < -0.3 is 5.32 Å². The Morgan fingerprint density at radius 1 is 1.73 bits per heavy atom. The molecule has 60 valence electrons. The first-order valence-electron chi connectivity index (χ1n) is 4.11. The second kappa shape index (κ2) is 2.57. The quantitative estimate of drug-likeness (QED) is 0.689. The van der Waals surface area contributed by atoms with Crippen LogP contribution in [0.4, 0.5) is 5.69 Å². The van der Waals surface area contributed by atoms with Gasteiger partial charge in [0.2, 0.25) is 0 Å². The molecule has 1 aromatic rings. The van der Waals surface area contributed by atoms with Gasteiger partial charge in [0.1, 0.15) is 0 Å². The predicted molar refractivity (Wildman–Crippen MR) is 44.4 cm³/mol. The SMILES string of the molecule is CC(Nc1cn[nH]c1)C1CC1. The number of rotatable bonds is 3. The molecule has 1 saturated carbocycles. The standard InChI is InChI=1S/C8H13N3/c1-6(7-2-3-7)11-8-4-9-10-5-8/h4-7,11H,2-3H2,1H3,(H,9,10). The van der Waals surface area contributed by atoms with Gasteiger partial charge in [0.15, 0.2) is 0 Å². The van der Waals surface area contributed by atoms with Gasteiger partial charge in [-0.1, -0.05) is 0 Å². The molecule has 3 nitrogen and oxygen atoms in total. The van der Waals surface area contributed by atoms with Crippen molar-refractivity contribution in [2.24, 2.45) is 5.92 Å². The van der Waals surface area contributed by atoms with E-state index in [2.05, 4.69) is 22.4 Å². The van der Waals surface area contributed by atoms with E-state index in [9.17, 15) is 0 Å². The van der Waals surface area contributed by atoms with Crippen molar-refractivity contribution < 1.29 is 0 Å². The van der Waals surface area contributed by atoms with Crippen molar-refractivity contribution in [1.82, 2.24) is 10.2 Å². The Bertz CT molecular complexity index is 213. The van der Waals surface area contributed by atoms with Crippen LogP contribution < -0.4 is 5.32 Å². The van der Waals surface area contributed by atoms with E-state index < -0.39 is 0 Å². The summed E-state index contributed by atoms with van der Waals surface area (Å²) in [5.74, 6) is 0.893. The van der Waals surface area contributed by atoms with E-state index in [1.165, 1.54) is 12.8 Å². The number of nitrogens with zero attached hydrogens (tertiary/aromatic N) is 1. The topological polar surface area (TPSA) is 40.7 Å². The monoisotopic (exact) mass is 151 g/mol. The van der Waals surface area contributed by atoms with Crippen molar-refractivity contribution in [2.45, 2.75) is 25.8 Å². The molecular weight excluding hydrogens is 138 g/mol. The van der Waals surface area contributed by atoms with E-state index in [1.54, 1.807) is 0 Å². The Balaban J connectivity index is 1.89. The van der Waals surface area contributed by atoms with Crippen LogP contribution in [-0.4, -0.2) is 16.2 Å². The summed E-state index contributed by atoms with van der Waals surface area (Å²) >= 11 is 0. The molecule has 0 aliphatic heterocycles. The van der Waals surface area contributed by atoms with Crippen LogP contribution in [-0.2, 0) is 0 Å². The van der Waals surface area contributed by atoms with Gasteiger partial charge in [-0.05, 0) is 25.7 Å². The van der Waals surface area contributed by atoms with Gasteiger partial charge in [0.05, 0.1) is 11.9 Å². The number of anilines is 1. The van der Waals surface area contributed by atoms with Crippen LogP contribution in [0.2, 0.25) is 0 Å². The van der Waals surface area contributed by atoms with E-state index in [1.807, 2.05) is 12.4 Å². The second-order valence-electron chi connectivity index (χ2n) is 3.26. The van der Waals surface area contributed by atoms with Crippen LogP contribution in [0.5, 0.6) is 0 Å². The molecule has 0 radical (unpaired) electrons. The van der Waals surface area contributed by atoms with E-state index in [0.29, 0.717) is 6.04 Å². The van der Waals surface area contributed by atoms with Gasteiger partial charge >= 0.3 is 0 Å². The maximum Gasteiger partial charge on any atom is 0.0725 e. The fourth-order valence-electron chi connectivity index (χ4n) is 1.31. The number of aromatic nitrogens is 2. The summed E-state index contributed by atoms with van der Waals surface area (Å²) in [6, 6.07) is 0.604. The molecule has 0 saturated heterocycles. The third-order valence-electron chi connectivity index (χ3n) is 2.22. The molecule has 0 amide bonds. The Hall–Kier alpha value is -0.990. The first kappa shape index (κ1) is 6.70. The normalized spacial score (nSPS) is 19.7. The number of H-pyrrole nitrogens is 1. The minimum atomic E-state index is 0.604. The minimum absolute atomic E-state index is 0.604. The Labute approximate surface area is 66.2 Å². The van der Waals surface area contributed by atoms with Gasteiger partial charge in [-0.3, -0.25) is 5.10 Å². The van der Waals surface area contributed by atoms with Crippen LogP contribution in [0.25, 0.3) is 0 Å². The van der Waals surface area contributed by atoms with Gasteiger partial charge in [-0.15, -0.1) is 0 Å². The molecular formula is C8H13N3. The minimum Gasteiger partial charge on any atom is -0.380 e. The van der Waals surface area contributed by atoms with E-state index in [0.717, 1.165) is 11.6 Å². The molecule has 0 bridgehead atoms. The van der Waals surface area contributed by atoms with Crippen molar-refractivity contribution in [3.63, 3.8) is 0 Å². The lowest BCUT2D eigenvalue weighted by Gasteiger charge is -2.11. The molecule has 0 spiro atoms. The van der Waals surface area contributed by atoms with Crippen molar-refractivity contribution in [1.29, 1.82) is 0 Å². The van der Waals surface area contributed by atoms with E-state index >= 15 is 0 Å². The van der Waals surface area contributed by atoms with Crippen LogP contribution >= 0.6 is 0 Å². The van der Waals surface area contributed by atoms with Crippen molar-refractivity contribution in [2.75, 3.05) is 5.32 Å². The van der Waals surface area contributed by atoms with Crippen molar-refractivity contribution in [3.05, 3.63) is 12.4 Å². The summed E-state index contributed by atoms with van der Waals surface area (Å²) in [6.45, 7) is 2.23. The Morgan fingerprint density at radius 2 is 2.55 bits per heavy atom. The third-order valence-corrected chi connectivity index (χ3v) is 2.22. The van der Waals surface area contributed by atoms with Crippen molar-refractivity contribution in [3.8, 4) is 0 Å². The zero-order chi connectivity index (χ0) is 7.68. The fraction of sp³-hybridized carbons (Fsp3) is 0.625. The summed E-state index contributed by atoms with van der Waals surface area (Å²) in [6.07, 6.45) is 6.47. The van der Waals surface area contributed by atoms with Crippen LogP contribution in [0.3, 0.4) is 0 Å².